The number of ether oxygens (including phenoxy) is 1. The van der Waals surface area contributed by atoms with Crippen LogP contribution in [0, 0.1) is 0 Å². The minimum atomic E-state index is -3.71. The highest BCUT2D eigenvalue weighted by Crippen LogP contribution is 2.15. The van der Waals surface area contributed by atoms with Gasteiger partial charge in [0.25, 0.3) is 0 Å². The Labute approximate surface area is 122 Å². The first kappa shape index (κ1) is 17.2. The molecule has 0 bridgehead atoms. The minimum Gasteiger partial charge on any atom is -0.465 e. The monoisotopic (exact) mass is 322 g/mol. The summed E-state index contributed by atoms with van der Waals surface area (Å²) in [7, 11) is -3.71. The third-order valence-corrected chi connectivity index (χ3v) is 3.65. The molecule has 120 valence electrons. The van der Waals surface area contributed by atoms with Gasteiger partial charge in [-0.15, -0.1) is 4.99 Å². The summed E-state index contributed by atoms with van der Waals surface area (Å²) in [5.74, 6) is -0.295. The zero-order valence-corrected chi connectivity index (χ0v) is 12.7. The predicted molar refractivity (Wildman–Crippen MR) is 73.3 cm³/mol. The lowest BCUT2D eigenvalue weighted by atomic mass is 10.2. The van der Waals surface area contributed by atoms with Crippen LogP contribution in [0.5, 0.6) is 0 Å². The van der Waals surface area contributed by atoms with Crippen molar-refractivity contribution >= 4 is 28.2 Å². The lowest BCUT2D eigenvalue weighted by Gasteiger charge is -2.38. The molecule has 11 heteroatoms. The van der Waals surface area contributed by atoms with Crippen molar-refractivity contribution in [2.45, 2.75) is 31.6 Å². The van der Waals surface area contributed by atoms with Gasteiger partial charge in [0.05, 0.1) is 0 Å². The molecule has 0 aromatic heterocycles. The molecule has 0 saturated carbocycles. The van der Waals surface area contributed by atoms with Crippen molar-refractivity contribution in [3.05, 3.63) is 0 Å². The molecule has 0 atom stereocenters. The zero-order chi connectivity index (χ0) is 16.4. The van der Waals surface area contributed by atoms with E-state index in [0.29, 0.717) is 0 Å². The van der Waals surface area contributed by atoms with E-state index >= 15 is 0 Å². The van der Waals surface area contributed by atoms with Gasteiger partial charge >= 0.3 is 12.2 Å². The van der Waals surface area contributed by atoms with Gasteiger partial charge < -0.3 is 14.7 Å². The number of nitrogens with zero attached hydrogens (tertiary/aromatic N) is 2. The van der Waals surface area contributed by atoms with Crippen molar-refractivity contribution in [3.63, 3.8) is 0 Å². The normalized spacial score (nSPS) is 17.1. The second kappa shape index (κ2) is 5.85. The fraction of sp³-hybridized carbons (Fsp3) is 0.700. The Morgan fingerprint density at radius 3 is 2.29 bits per heavy atom. The molecular formula is C10H18N4O6S. The van der Waals surface area contributed by atoms with Gasteiger partial charge in [-0.1, -0.05) is 0 Å². The molecule has 0 radical (unpaired) electrons. The second-order valence-electron chi connectivity index (χ2n) is 5.46. The lowest BCUT2D eigenvalue weighted by Crippen LogP contribution is -2.61. The average molecular weight is 322 g/mol. The van der Waals surface area contributed by atoms with Crippen molar-refractivity contribution in [3.8, 4) is 0 Å². The fourth-order valence-corrected chi connectivity index (χ4v) is 2.24. The van der Waals surface area contributed by atoms with Crippen molar-refractivity contribution < 1.29 is 27.9 Å². The standard InChI is InChI=1S/C10H18N4O6S/c1-10(2,3)20-9(17)13-7(12-8(15)16)14-4-6(5-14)21(11,18)19/h6H,4-5H2,1-3H3,(H,15,16)(H2,11,18,19)(H,12,13,17). The van der Waals surface area contributed by atoms with Crippen LogP contribution in [-0.2, 0) is 14.8 Å². The molecular weight excluding hydrogens is 304 g/mol. The summed E-state index contributed by atoms with van der Waals surface area (Å²) in [5.41, 5.74) is -0.785. The highest BCUT2D eigenvalue weighted by Gasteiger charge is 2.38. The number of nitrogens with one attached hydrogen (secondary N) is 1. The van der Waals surface area contributed by atoms with Crippen LogP contribution in [0.1, 0.15) is 20.8 Å². The Bertz CT molecular complexity index is 559. The number of rotatable bonds is 1. The minimum absolute atomic E-state index is 0.0548. The van der Waals surface area contributed by atoms with Crippen LogP contribution in [0.25, 0.3) is 0 Å². The van der Waals surface area contributed by atoms with Gasteiger partial charge in [-0.25, -0.2) is 23.1 Å². The third-order valence-electron chi connectivity index (χ3n) is 2.42. The number of sulfonamides is 1. The number of carbonyl (C=O) groups excluding carboxylic acids is 1. The van der Waals surface area contributed by atoms with E-state index in [2.05, 4.69) is 4.99 Å². The first-order valence-corrected chi connectivity index (χ1v) is 7.57. The molecule has 1 aliphatic heterocycles. The van der Waals surface area contributed by atoms with Gasteiger partial charge in [0, 0.05) is 13.1 Å². The summed E-state index contributed by atoms with van der Waals surface area (Å²) in [4.78, 5) is 27.0. The molecule has 1 fully saturated rings. The lowest BCUT2D eigenvalue weighted by molar-refractivity contribution is 0.0600. The quantitative estimate of drug-likeness (QED) is 0.435. The van der Waals surface area contributed by atoms with E-state index in [1.807, 2.05) is 5.32 Å². The van der Waals surface area contributed by atoms with Gasteiger partial charge in [-0.2, -0.15) is 0 Å². The van der Waals surface area contributed by atoms with Crippen LogP contribution >= 0.6 is 0 Å². The molecule has 10 nitrogen and oxygen atoms in total. The molecule has 2 amide bonds. The summed E-state index contributed by atoms with van der Waals surface area (Å²) in [6, 6.07) is 0. The topological polar surface area (TPSA) is 151 Å². The van der Waals surface area contributed by atoms with Crippen molar-refractivity contribution in [1.82, 2.24) is 10.2 Å². The van der Waals surface area contributed by atoms with Gasteiger partial charge in [0.1, 0.15) is 10.9 Å². The van der Waals surface area contributed by atoms with E-state index < -0.39 is 33.1 Å². The Hall–Kier alpha value is -1.88. The SMILES string of the molecule is CC(C)(C)OC(=O)N=C(NC(=O)O)N1CC(S(N)(=O)=O)C1. The van der Waals surface area contributed by atoms with Crippen molar-refractivity contribution in [2.24, 2.45) is 10.1 Å². The number of nitrogens with two attached hydrogens (primary N) is 1. The molecule has 0 aromatic rings. The predicted octanol–water partition coefficient (Wildman–Crippen LogP) is -0.482. The average Bonchev–Trinajstić information content (AvgIpc) is 2.06. The zero-order valence-electron chi connectivity index (χ0n) is 11.9. The molecule has 1 heterocycles. The van der Waals surface area contributed by atoms with Crippen molar-refractivity contribution in [1.29, 1.82) is 0 Å². The summed E-state index contributed by atoms with van der Waals surface area (Å²) >= 11 is 0. The molecule has 1 rings (SSSR count). The molecule has 1 saturated heterocycles. The molecule has 4 N–H and O–H groups in total. The largest absolute Gasteiger partial charge is 0.465 e. The van der Waals surface area contributed by atoms with E-state index in [1.165, 1.54) is 4.90 Å². The summed E-state index contributed by atoms with van der Waals surface area (Å²) < 4.78 is 27.1. The number of hydrogen-bond acceptors (Lipinski definition) is 5. The van der Waals surface area contributed by atoms with Crippen LogP contribution < -0.4 is 10.5 Å². The third kappa shape index (κ3) is 5.55. The number of carbonyl (C=O) groups is 2. The summed E-state index contributed by atoms with van der Waals surface area (Å²) in [6.45, 7) is 4.78. The molecule has 0 aliphatic carbocycles. The van der Waals surface area contributed by atoms with Crippen LogP contribution in [0.3, 0.4) is 0 Å². The number of amides is 2. The molecule has 0 unspecified atom stereocenters. The number of aliphatic imine (C=N–C) groups is 1. The molecule has 1 aliphatic rings. The first-order valence-electron chi connectivity index (χ1n) is 5.96. The van der Waals surface area contributed by atoms with Crippen LogP contribution in [0.2, 0.25) is 0 Å². The number of hydrogen-bond donors (Lipinski definition) is 3. The Balaban J connectivity index is 2.79. The number of likely N-dealkylation sites (tertiary alicyclic amines) is 1. The first-order chi connectivity index (χ1) is 9.38. The van der Waals surface area contributed by atoms with E-state index in [1.54, 1.807) is 20.8 Å². The van der Waals surface area contributed by atoms with Crippen LogP contribution in [-0.4, -0.2) is 60.5 Å². The Morgan fingerprint density at radius 2 is 1.90 bits per heavy atom. The van der Waals surface area contributed by atoms with Gasteiger partial charge in [-0.05, 0) is 20.8 Å². The maximum atomic E-state index is 11.6. The summed E-state index contributed by atoms with van der Waals surface area (Å²) in [5, 5.41) is 14.8. The maximum absolute atomic E-state index is 11.6. The van der Waals surface area contributed by atoms with E-state index in [0.717, 1.165) is 0 Å². The van der Waals surface area contributed by atoms with E-state index in [4.69, 9.17) is 15.0 Å². The smallest absolute Gasteiger partial charge is 0.437 e. The van der Waals surface area contributed by atoms with Gasteiger partial charge in [0.2, 0.25) is 16.0 Å². The highest BCUT2D eigenvalue weighted by atomic mass is 32.2. The molecule has 0 aromatic carbocycles. The van der Waals surface area contributed by atoms with Gasteiger partial charge in [0.15, 0.2) is 0 Å². The van der Waals surface area contributed by atoms with Crippen LogP contribution in [0.4, 0.5) is 9.59 Å². The van der Waals surface area contributed by atoms with Crippen LogP contribution in [0.15, 0.2) is 4.99 Å². The fourth-order valence-electron chi connectivity index (χ4n) is 1.46. The second-order valence-corrected chi connectivity index (χ2v) is 7.31. The Morgan fingerprint density at radius 1 is 1.38 bits per heavy atom. The molecule has 21 heavy (non-hydrogen) atoms. The Kier molecular flexibility index (Phi) is 4.79. The van der Waals surface area contributed by atoms with E-state index in [9.17, 15) is 18.0 Å². The highest BCUT2D eigenvalue weighted by molar-refractivity contribution is 7.89. The maximum Gasteiger partial charge on any atom is 0.437 e. The summed E-state index contributed by atoms with van der Waals surface area (Å²) in [6.07, 6.45) is -2.42. The number of guanidine groups is 1. The van der Waals surface area contributed by atoms with Gasteiger partial charge in [-0.3, -0.25) is 5.32 Å². The van der Waals surface area contributed by atoms with E-state index in [-0.39, 0.29) is 19.0 Å². The number of primary sulfonamides is 1. The van der Waals surface area contributed by atoms with Crippen molar-refractivity contribution in [2.75, 3.05) is 13.1 Å². The molecule has 0 spiro atoms. The number of carboxylic acid groups (broad SMARTS) is 1.